The van der Waals surface area contributed by atoms with E-state index in [9.17, 15) is 33.6 Å². The summed E-state index contributed by atoms with van der Waals surface area (Å²) in [5, 5.41) is 7.41. The fraction of sp³-hybridized carbons (Fsp3) is 0.304. The molecule has 3 N–H and O–H groups in total. The zero-order valence-corrected chi connectivity index (χ0v) is 42.4. The Bertz CT molecular complexity index is 3030. The average Bonchev–Trinajstić information content (AvgIpc) is 3.93. The summed E-state index contributed by atoms with van der Waals surface area (Å²) in [5.41, 5.74) is 6.97. The second-order valence-corrected chi connectivity index (χ2v) is 18.4. The van der Waals surface area contributed by atoms with Crippen molar-refractivity contribution in [2.75, 3.05) is 62.7 Å². The second kappa shape index (κ2) is 23.0. The molecule has 0 spiro atoms. The molecule has 0 fully saturated rings. The van der Waals surface area contributed by atoms with Crippen molar-refractivity contribution in [2.45, 2.75) is 63.8 Å². The number of benzene rings is 5. The summed E-state index contributed by atoms with van der Waals surface area (Å²) in [6.45, 7) is -1.31. The predicted molar refractivity (Wildman–Crippen MR) is 282 cm³/mol. The van der Waals surface area contributed by atoms with Gasteiger partial charge in [-0.3, -0.25) is 53.3 Å². The van der Waals surface area contributed by atoms with Crippen LogP contribution in [-0.4, -0.2) is 114 Å². The molecule has 0 aromatic heterocycles. The first-order chi connectivity index (χ1) is 36.8. The molecule has 20 nitrogen and oxygen atoms in total. The van der Waals surface area contributed by atoms with Crippen molar-refractivity contribution < 1.29 is 57.2 Å². The Morgan fingerprint density at radius 2 is 1.07 bits per heavy atom. The lowest BCUT2D eigenvalue weighted by molar-refractivity contribution is -0.140. The Morgan fingerprint density at radius 1 is 0.592 bits per heavy atom. The highest BCUT2D eigenvalue weighted by Crippen LogP contribution is 2.43. The number of para-hydroxylation sites is 2. The quantitative estimate of drug-likeness (QED) is 0.0649. The molecule has 2 atom stereocenters. The molecule has 6 amide bonds. The minimum Gasteiger partial charge on any atom is -0.493 e. The molecule has 4 aliphatic rings. The Kier molecular flexibility index (Phi) is 15.7. The van der Waals surface area contributed by atoms with E-state index >= 15 is 0 Å². The van der Waals surface area contributed by atoms with Crippen molar-refractivity contribution in [2.24, 2.45) is 9.98 Å². The fourth-order valence-corrected chi connectivity index (χ4v) is 9.47. The van der Waals surface area contributed by atoms with E-state index in [-0.39, 0.29) is 68.4 Å². The largest absolute Gasteiger partial charge is 0.493 e. The second-order valence-electron chi connectivity index (χ2n) is 18.4. The lowest BCUT2D eigenvalue weighted by atomic mass is 10.1. The third-order valence-corrected chi connectivity index (χ3v) is 13.4. The van der Waals surface area contributed by atoms with Gasteiger partial charge in [-0.25, -0.2) is 0 Å². The standard InChI is InChI=1S/C56H56N8O12/c1-62(53(68)30-61-52(67)29-60-51(66)28-59-50(65)15-9-10-16-54(69)74-4)37-18-33(31-75-48-24-42-40(22-46(48)72-2)55(70)63-38(26-57-42)20-35-11-5-7-13-44(35)63)17-34(19-37)32-76-49-25-43-41(23-47(49)73-3)56(71)64-39(27-58-43)21-36-12-6-8-14-45(36)64/h5-8,11-14,17-19,22-27,38-39H,9-10,15-16,20-21,28-32H2,1-4H3,(H,59,65)(H,60,66)(H,61,67)/t38-,39-/m0/s1. The number of esters is 1. The molecule has 0 radical (unpaired) electrons. The number of fused-ring (bicyclic) bond motifs is 8. The molecule has 0 aliphatic carbocycles. The van der Waals surface area contributed by atoms with E-state index in [1.807, 2.05) is 54.6 Å². The Labute approximate surface area is 438 Å². The van der Waals surface area contributed by atoms with E-state index in [4.69, 9.17) is 28.9 Å². The van der Waals surface area contributed by atoms with Crippen LogP contribution in [0.25, 0.3) is 0 Å². The lowest BCUT2D eigenvalue weighted by Gasteiger charge is -2.22. The first-order valence-electron chi connectivity index (χ1n) is 24.7. The number of rotatable bonds is 20. The van der Waals surface area contributed by atoms with E-state index in [1.54, 1.807) is 65.7 Å². The Morgan fingerprint density at radius 3 is 1.57 bits per heavy atom. The summed E-state index contributed by atoms with van der Waals surface area (Å²) >= 11 is 0. The number of unbranched alkanes of at least 4 members (excludes halogenated alkanes) is 1. The molecule has 0 saturated heterocycles. The van der Waals surface area contributed by atoms with Crippen LogP contribution in [0.1, 0.15) is 68.7 Å². The van der Waals surface area contributed by atoms with Crippen molar-refractivity contribution >= 4 is 82.3 Å². The number of anilines is 3. The normalized spacial score (nSPS) is 15.4. The van der Waals surface area contributed by atoms with Crippen LogP contribution in [0.15, 0.2) is 101 Å². The van der Waals surface area contributed by atoms with Gasteiger partial charge in [0.2, 0.25) is 23.6 Å². The van der Waals surface area contributed by atoms with Crippen molar-refractivity contribution in [1.82, 2.24) is 16.0 Å². The third kappa shape index (κ3) is 11.3. The van der Waals surface area contributed by atoms with Crippen LogP contribution < -0.4 is 49.6 Å². The zero-order chi connectivity index (χ0) is 53.5. The summed E-state index contributed by atoms with van der Waals surface area (Å²) in [4.78, 5) is 105. The SMILES string of the molecule is COC(=O)CCCCC(=O)NCC(=O)NCC(=O)NCC(=O)N(C)c1cc(COc2cc3c(cc2OC)C(=O)N2c4ccccc4C[C@H]2C=N3)cc(COc2cc3c(cc2OC)C(=O)N2c4ccccc4C[C@H]2C=N3)c1. The highest BCUT2D eigenvalue weighted by Gasteiger charge is 2.38. The molecule has 20 heteroatoms. The van der Waals surface area contributed by atoms with Gasteiger partial charge in [-0.05, 0) is 77.6 Å². The minimum atomic E-state index is -0.641. The molecule has 9 rings (SSSR count). The Balaban J connectivity index is 0.899. The monoisotopic (exact) mass is 1030 g/mol. The topological polar surface area (TPSA) is 236 Å². The van der Waals surface area contributed by atoms with Crippen LogP contribution in [0.4, 0.5) is 28.4 Å². The van der Waals surface area contributed by atoms with Gasteiger partial charge in [0.05, 0.1) is 75.5 Å². The van der Waals surface area contributed by atoms with Crippen molar-refractivity contribution in [3.8, 4) is 23.0 Å². The molecule has 0 bridgehead atoms. The predicted octanol–water partition coefficient (Wildman–Crippen LogP) is 5.48. The average molecular weight is 1030 g/mol. The summed E-state index contributed by atoms with van der Waals surface area (Å²) in [5.74, 6) is -1.67. The van der Waals surface area contributed by atoms with Crippen molar-refractivity contribution in [3.05, 3.63) is 124 Å². The van der Waals surface area contributed by atoms with Gasteiger partial charge >= 0.3 is 5.97 Å². The van der Waals surface area contributed by atoms with Crippen LogP contribution in [-0.2, 0) is 54.8 Å². The number of methoxy groups -OCH3 is 3. The molecule has 5 aromatic carbocycles. The number of likely N-dealkylation sites (N-methyl/N-ethyl adjacent to an activating group) is 1. The third-order valence-electron chi connectivity index (χ3n) is 13.4. The van der Waals surface area contributed by atoms with E-state index in [0.717, 1.165) is 22.5 Å². The molecule has 0 saturated carbocycles. The number of nitrogens with one attached hydrogen (secondary N) is 3. The maximum atomic E-state index is 14.1. The Hall–Kier alpha value is -9.07. The van der Waals surface area contributed by atoms with E-state index in [0.29, 0.717) is 88.0 Å². The molecule has 76 heavy (non-hydrogen) atoms. The summed E-state index contributed by atoms with van der Waals surface area (Å²) < 4.78 is 28.9. The smallest absolute Gasteiger partial charge is 0.305 e. The van der Waals surface area contributed by atoms with Crippen LogP contribution in [0, 0.1) is 0 Å². The van der Waals surface area contributed by atoms with Gasteiger partial charge in [-0.2, -0.15) is 0 Å². The first-order valence-corrected chi connectivity index (χ1v) is 24.7. The number of hydrogen-bond acceptors (Lipinski definition) is 14. The van der Waals surface area contributed by atoms with Crippen LogP contribution in [0.2, 0.25) is 0 Å². The maximum absolute atomic E-state index is 14.1. The number of ether oxygens (including phenoxy) is 5. The summed E-state index contributed by atoms with van der Waals surface area (Å²) in [6, 6.07) is 27.0. The molecule has 5 aromatic rings. The van der Waals surface area contributed by atoms with Gasteiger partial charge in [0.25, 0.3) is 11.8 Å². The van der Waals surface area contributed by atoms with E-state index < -0.39 is 30.8 Å². The van der Waals surface area contributed by atoms with Crippen LogP contribution in [0.3, 0.4) is 0 Å². The van der Waals surface area contributed by atoms with Gasteiger partial charge in [-0.15, -0.1) is 0 Å². The van der Waals surface area contributed by atoms with Crippen molar-refractivity contribution in [1.29, 1.82) is 0 Å². The van der Waals surface area contributed by atoms with Gasteiger partial charge in [0.1, 0.15) is 13.2 Å². The van der Waals surface area contributed by atoms with Crippen LogP contribution in [0.5, 0.6) is 23.0 Å². The zero-order valence-electron chi connectivity index (χ0n) is 42.4. The lowest BCUT2D eigenvalue weighted by Crippen LogP contribution is -2.44. The molecular formula is C56H56N8O12. The maximum Gasteiger partial charge on any atom is 0.305 e. The number of aliphatic imine (C=N–C) groups is 2. The molecule has 0 unspecified atom stereocenters. The van der Waals surface area contributed by atoms with Crippen LogP contribution >= 0.6 is 0 Å². The van der Waals surface area contributed by atoms with Gasteiger partial charge in [0, 0.05) is 74.4 Å². The highest BCUT2D eigenvalue weighted by atomic mass is 16.5. The number of nitrogens with zero attached hydrogens (tertiary/aromatic N) is 5. The number of carbonyl (C=O) groups excluding carboxylic acids is 7. The highest BCUT2D eigenvalue weighted by molar-refractivity contribution is 6.16. The molecule has 4 aliphatic heterocycles. The molecule has 4 heterocycles. The van der Waals surface area contributed by atoms with Gasteiger partial charge in [0.15, 0.2) is 23.0 Å². The fourth-order valence-electron chi connectivity index (χ4n) is 9.47. The number of hydrogen-bond donors (Lipinski definition) is 3. The number of carbonyl (C=O) groups is 7. The number of amides is 6. The minimum absolute atomic E-state index is 0.0378. The van der Waals surface area contributed by atoms with Crippen molar-refractivity contribution in [3.63, 3.8) is 0 Å². The summed E-state index contributed by atoms with van der Waals surface area (Å²) in [7, 11) is 5.80. The van der Waals surface area contributed by atoms with Gasteiger partial charge < -0.3 is 44.5 Å². The van der Waals surface area contributed by atoms with E-state index in [1.165, 1.54) is 26.2 Å². The summed E-state index contributed by atoms with van der Waals surface area (Å²) in [6.07, 6.45) is 6.01. The molecular weight excluding hydrogens is 977 g/mol. The molecule has 392 valence electrons. The first kappa shape index (κ1) is 51.8. The van der Waals surface area contributed by atoms with E-state index in [2.05, 4.69) is 20.7 Å². The van der Waals surface area contributed by atoms with Gasteiger partial charge in [-0.1, -0.05) is 36.4 Å².